The van der Waals surface area contributed by atoms with Crippen LogP contribution in [0.3, 0.4) is 0 Å². The van der Waals surface area contributed by atoms with Gasteiger partial charge in [0.25, 0.3) is 0 Å². The molecule has 0 radical (unpaired) electrons. The van der Waals surface area contributed by atoms with Crippen molar-refractivity contribution < 1.29 is 4.79 Å². The molecule has 2 atom stereocenters. The molecule has 3 nitrogen and oxygen atoms in total. The predicted octanol–water partition coefficient (Wildman–Crippen LogP) is 2.40. The lowest BCUT2D eigenvalue weighted by atomic mass is 9.83. The zero-order valence-corrected chi connectivity index (χ0v) is 11.8. The van der Waals surface area contributed by atoms with Crippen LogP contribution in [0.5, 0.6) is 0 Å². The van der Waals surface area contributed by atoms with Crippen molar-refractivity contribution in [3.05, 3.63) is 0 Å². The lowest BCUT2D eigenvalue weighted by molar-refractivity contribution is -0.139. The van der Waals surface area contributed by atoms with Gasteiger partial charge in [0.1, 0.15) is 0 Å². The molecule has 0 aromatic carbocycles. The highest BCUT2D eigenvalue weighted by atomic mass is 16.2. The van der Waals surface area contributed by atoms with Crippen LogP contribution in [0.4, 0.5) is 0 Å². The first kappa shape index (κ1) is 14.5. The van der Waals surface area contributed by atoms with Gasteiger partial charge in [0.05, 0.1) is 5.92 Å². The Hall–Kier alpha value is -0.570. The molecule has 2 N–H and O–H groups in total. The van der Waals surface area contributed by atoms with Gasteiger partial charge in [-0.2, -0.15) is 0 Å². The van der Waals surface area contributed by atoms with E-state index >= 15 is 0 Å². The fourth-order valence-corrected chi connectivity index (χ4v) is 2.67. The van der Waals surface area contributed by atoms with Crippen LogP contribution in [-0.2, 0) is 4.79 Å². The van der Waals surface area contributed by atoms with Crippen LogP contribution in [0.1, 0.15) is 53.4 Å². The fraction of sp³-hybridized carbons (Fsp3) is 0.929. The van der Waals surface area contributed by atoms with Crippen molar-refractivity contribution in [2.75, 3.05) is 13.1 Å². The van der Waals surface area contributed by atoms with Gasteiger partial charge in [-0.05, 0) is 38.0 Å². The van der Waals surface area contributed by atoms with Crippen molar-refractivity contribution in [3.63, 3.8) is 0 Å². The van der Waals surface area contributed by atoms with Crippen LogP contribution in [0.25, 0.3) is 0 Å². The van der Waals surface area contributed by atoms with Gasteiger partial charge in [0, 0.05) is 19.1 Å². The summed E-state index contributed by atoms with van der Waals surface area (Å²) >= 11 is 0. The zero-order valence-electron chi connectivity index (χ0n) is 11.8. The van der Waals surface area contributed by atoms with E-state index in [0.29, 0.717) is 12.6 Å². The SMILES string of the molecule is CC1CCCCN1C(=O)C(CN)CC(C)(C)C. The fourth-order valence-electron chi connectivity index (χ4n) is 2.67. The minimum atomic E-state index is -0.00412. The van der Waals surface area contributed by atoms with Crippen LogP contribution in [-0.4, -0.2) is 29.9 Å². The number of likely N-dealkylation sites (tertiary alicyclic amines) is 1. The third-order valence-electron chi connectivity index (χ3n) is 3.58. The summed E-state index contributed by atoms with van der Waals surface area (Å²) in [6, 6.07) is 0.394. The standard InChI is InChI=1S/C14H28N2O/c1-11-7-5-6-8-16(11)13(17)12(10-15)9-14(2,3)4/h11-12H,5-10,15H2,1-4H3. The first-order valence-electron chi connectivity index (χ1n) is 6.85. The Labute approximate surface area is 106 Å². The van der Waals surface area contributed by atoms with Gasteiger partial charge in [-0.25, -0.2) is 0 Å². The van der Waals surface area contributed by atoms with E-state index in [-0.39, 0.29) is 17.2 Å². The summed E-state index contributed by atoms with van der Waals surface area (Å²) in [5.41, 5.74) is 5.95. The number of nitrogens with two attached hydrogens (primary N) is 1. The molecule has 1 saturated heterocycles. The lowest BCUT2D eigenvalue weighted by Gasteiger charge is -2.37. The third-order valence-corrected chi connectivity index (χ3v) is 3.58. The number of carbonyl (C=O) groups excluding carboxylic acids is 1. The topological polar surface area (TPSA) is 46.3 Å². The quantitative estimate of drug-likeness (QED) is 0.823. The molecule has 1 rings (SSSR count). The zero-order chi connectivity index (χ0) is 13.1. The van der Waals surface area contributed by atoms with Crippen LogP contribution in [0.15, 0.2) is 0 Å². The molecule has 0 aromatic rings. The van der Waals surface area contributed by atoms with E-state index in [1.807, 2.05) is 4.90 Å². The lowest BCUT2D eigenvalue weighted by Crippen LogP contribution is -2.47. The van der Waals surface area contributed by atoms with E-state index in [9.17, 15) is 4.79 Å². The Morgan fingerprint density at radius 3 is 2.53 bits per heavy atom. The van der Waals surface area contributed by atoms with Gasteiger partial charge in [-0.3, -0.25) is 4.79 Å². The molecule has 0 saturated carbocycles. The molecule has 0 spiro atoms. The smallest absolute Gasteiger partial charge is 0.227 e. The molecule has 1 aliphatic rings. The summed E-state index contributed by atoms with van der Waals surface area (Å²) in [4.78, 5) is 14.5. The molecule has 1 heterocycles. The maximum absolute atomic E-state index is 12.5. The molecule has 1 amide bonds. The highest BCUT2D eigenvalue weighted by Gasteiger charge is 2.30. The summed E-state index contributed by atoms with van der Waals surface area (Å²) < 4.78 is 0. The monoisotopic (exact) mass is 240 g/mol. The molecular weight excluding hydrogens is 212 g/mol. The summed E-state index contributed by atoms with van der Waals surface area (Å²) in [5, 5.41) is 0. The highest BCUT2D eigenvalue weighted by molar-refractivity contribution is 5.79. The van der Waals surface area contributed by atoms with Crippen molar-refractivity contribution in [1.29, 1.82) is 0 Å². The molecule has 1 fully saturated rings. The second kappa shape index (κ2) is 5.85. The molecule has 0 aromatic heterocycles. The predicted molar refractivity (Wildman–Crippen MR) is 71.6 cm³/mol. The summed E-state index contributed by atoms with van der Waals surface area (Å²) in [5.74, 6) is 0.269. The average molecular weight is 240 g/mol. The largest absolute Gasteiger partial charge is 0.340 e. The van der Waals surface area contributed by atoms with Crippen molar-refractivity contribution in [3.8, 4) is 0 Å². The normalized spacial score (nSPS) is 23.6. The Morgan fingerprint density at radius 2 is 2.06 bits per heavy atom. The molecule has 3 heteroatoms. The van der Waals surface area contributed by atoms with Gasteiger partial charge in [-0.1, -0.05) is 20.8 Å². The van der Waals surface area contributed by atoms with Crippen molar-refractivity contribution in [1.82, 2.24) is 4.90 Å². The number of hydrogen-bond donors (Lipinski definition) is 1. The van der Waals surface area contributed by atoms with Crippen LogP contribution >= 0.6 is 0 Å². The van der Waals surface area contributed by atoms with Crippen LogP contribution < -0.4 is 5.73 Å². The van der Waals surface area contributed by atoms with Gasteiger partial charge in [-0.15, -0.1) is 0 Å². The van der Waals surface area contributed by atoms with Crippen LogP contribution in [0, 0.1) is 11.3 Å². The van der Waals surface area contributed by atoms with E-state index < -0.39 is 0 Å². The Balaban J connectivity index is 2.64. The maximum Gasteiger partial charge on any atom is 0.227 e. The average Bonchev–Trinajstić information content (AvgIpc) is 2.24. The van der Waals surface area contributed by atoms with Gasteiger partial charge >= 0.3 is 0 Å². The van der Waals surface area contributed by atoms with Gasteiger partial charge in [0.2, 0.25) is 5.91 Å². The van der Waals surface area contributed by atoms with E-state index in [1.165, 1.54) is 6.42 Å². The van der Waals surface area contributed by atoms with E-state index in [0.717, 1.165) is 25.8 Å². The first-order chi connectivity index (χ1) is 7.85. The Morgan fingerprint density at radius 1 is 1.41 bits per heavy atom. The second-order valence-electron chi connectivity index (χ2n) is 6.57. The third kappa shape index (κ3) is 4.30. The minimum absolute atomic E-state index is 0.00412. The molecule has 17 heavy (non-hydrogen) atoms. The van der Waals surface area contributed by atoms with Crippen molar-refractivity contribution in [2.45, 2.75) is 59.4 Å². The van der Waals surface area contributed by atoms with E-state index in [2.05, 4.69) is 27.7 Å². The van der Waals surface area contributed by atoms with Crippen molar-refractivity contribution in [2.24, 2.45) is 17.1 Å². The first-order valence-corrected chi connectivity index (χ1v) is 6.85. The highest BCUT2D eigenvalue weighted by Crippen LogP contribution is 2.27. The summed E-state index contributed by atoms with van der Waals surface area (Å²) in [6.45, 7) is 10.1. The number of piperidine rings is 1. The molecular formula is C14H28N2O. The number of hydrogen-bond acceptors (Lipinski definition) is 2. The minimum Gasteiger partial charge on any atom is -0.340 e. The Bertz CT molecular complexity index is 257. The van der Waals surface area contributed by atoms with Crippen molar-refractivity contribution >= 4 is 5.91 Å². The van der Waals surface area contributed by atoms with Crippen LogP contribution in [0.2, 0.25) is 0 Å². The number of rotatable bonds is 3. The molecule has 0 aliphatic carbocycles. The van der Waals surface area contributed by atoms with E-state index in [1.54, 1.807) is 0 Å². The van der Waals surface area contributed by atoms with Gasteiger partial charge < -0.3 is 10.6 Å². The molecule has 1 aliphatic heterocycles. The summed E-state index contributed by atoms with van der Waals surface area (Å²) in [7, 11) is 0. The molecule has 0 bridgehead atoms. The maximum atomic E-state index is 12.5. The second-order valence-corrected chi connectivity index (χ2v) is 6.57. The Kier molecular flexibility index (Phi) is 4.99. The molecule has 100 valence electrons. The number of amides is 1. The number of nitrogens with zero attached hydrogens (tertiary/aromatic N) is 1. The van der Waals surface area contributed by atoms with E-state index in [4.69, 9.17) is 5.73 Å². The summed E-state index contributed by atoms with van der Waals surface area (Å²) in [6.07, 6.45) is 4.41. The van der Waals surface area contributed by atoms with Gasteiger partial charge in [0.15, 0.2) is 0 Å². The number of carbonyl (C=O) groups is 1. The molecule has 2 unspecified atom stereocenters.